The van der Waals surface area contributed by atoms with Gasteiger partial charge in [0, 0.05) is 31.5 Å². The zero-order valence-corrected chi connectivity index (χ0v) is 9.67. The first kappa shape index (κ1) is 11.5. The molecule has 1 aliphatic rings. The third kappa shape index (κ3) is 2.71. The van der Waals surface area contributed by atoms with Gasteiger partial charge in [0.05, 0.1) is 6.61 Å². The highest BCUT2D eigenvalue weighted by molar-refractivity contribution is 5.81. The summed E-state index contributed by atoms with van der Waals surface area (Å²) in [7, 11) is 1.72. The molecule has 1 fully saturated rings. The number of carbonyl (C=O) groups excluding carboxylic acids is 1. The molecule has 1 saturated heterocycles. The molecule has 0 spiro atoms. The molecule has 14 heavy (non-hydrogen) atoms. The zero-order valence-electron chi connectivity index (χ0n) is 9.67. The summed E-state index contributed by atoms with van der Waals surface area (Å²) in [6.45, 7) is 8.44. The highest BCUT2D eigenvalue weighted by Gasteiger charge is 2.32. The zero-order chi connectivity index (χ0) is 10.8. The van der Waals surface area contributed by atoms with E-state index in [-0.39, 0.29) is 11.3 Å². The van der Waals surface area contributed by atoms with E-state index in [4.69, 9.17) is 4.74 Å². The van der Waals surface area contributed by atoms with Gasteiger partial charge >= 0.3 is 0 Å². The largest absolute Gasteiger partial charge is 0.384 e. The predicted octanol–water partition coefficient (Wildman–Crippen LogP) is 1.53. The molecular formula is C11H21NO2. The molecule has 1 atom stereocenters. The summed E-state index contributed by atoms with van der Waals surface area (Å²) in [5, 5.41) is 0. The van der Waals surface area contributed by atoms with Crippen LogP contribution < -0.4 is 0 Å². The summed E-state index contributed by atoms with van der Waals surface area (Å²) in [6, 6.07) is 0. The van der Waals surface area contributed by atoms with Gasteiger partial charge in [-0.1, -0.05) is 20.8 Å². The SMILES string of the molecule is COCC1CCN(C(=O)C(C)(C)C)C1. The van der Waals surface area contributed by atoms with Crippen molar-refractivity contribution in [1.29, 1.82) is 0 Å². The lowest BCUT2D eigenvalue weighted by Gasteiger charge is -2.25. The van der Waals surface area contributed by atoms with E-state index in [2.05, 4.69) is 0 Å². The quantitative estimate of drug-likeness (QED) is 0.675. The van der Waals surface area contributed by atoms with Crippen molar-refractivity contribution < 1.29 is 9.53 Å². The fraction of sp³-hybridized carbons (Fsp3) is 0.909. The highest BCUT2D eigenvalue weighted by atomic mass is 16.5. The van der Waals surface area contributed by atoms with Crippen LogP contribution in [0, 0.1) is 11.3 Å². The number of hydrogen-bond donors (Lipinski definition) is 0. The minimum absolute atomic E-state index is 0.248. The molecule has 82 valence electrons. The van der Waals surface area contributed by atoms with Crippen LogP contribution in [0.2, 0.25) is 0 Å². The monoisotopic (exact) mass is 199 g/mol. The molecule has 1 rings (SSSR count). The van der Waals surface area contributed by atoms with Crippen LogP contribution in [0.3, 0.4) is 0 Å². The minimum atomic E-state index is -0.248. The molecule has 0 N–H and O–H groups in total. The number of methoxy groups -OCH3 is 1. The van der Waals surface area contributed by atoms with Gasteiger partial charge in [-0.2, -0.15) is 0 Å². The Hall–Kier alpha value is -0.570. The number of rotatable bonds is 2. The standard InChI is InChI=1S/C11H21NO2/c1-11(2,3)10(13)12-6-5-9(7-12)8-14-4/h9H,5-8H2,1-4H3. The lowest BCUT2D eigenvalue weighted by Crippen LogP contribution is -2.38. The van der Waals surface area contributed by atoms with Gasteiger partial charge in [0.15, 0.2) is 0 Å². The Balaban J connectivity index is 2.46. The third-order valence-electron chi connectivity index (χ3n) is 2.62. The van der Waals surface area contributed by atoms with Gasteiger partial charge in [-0.3, -0.25) is 4.79 Å². The van der Waals surface area contributed by atoms with Gasteiger partial charge in [-0.05, 0) is 6.42 Å². The summed E-state index contributed by atoms with van der Waals surface area (Å²) < 4.78 is 5.10. The first-order valence-electron chi connectivity index (χ1n) is 5.23. The van der Waals surface area contributed by atoms with Crippen LogP contribution in [0.15, 0.2) is 0 Å². The normalized spacial score (nSPS) is 22.9. The van der Waals surface area contributed by atoms with E-state index in [9.17, 15) is 4.79 Å². The van der Waals surface area contributed by atoms with E-state index in [1.165, 1.54) is 0 Å². The molecule has 0 aromatic rings. The molecule has 0 aliphatic carbocycles. The lowest BCUT2D eigenvalue weighted by atomic mass is 9.95. The Labute approximate surface area is 86.4 Å². The predicted molar refractivity (Wildman–Crippen MR) is 56.0 cm³/mol. The maximum Gasteiger partial charge on any atom is 0.227 e. The van der Waals surface area contributed by atoms with E-state index >= 15 is 0 Å². The summed E-state index contributed by atoms with van der Waals surface area (Å²) in [6.07, 6.45) is 1.08. The summed E-state index contributed by atoms with van der Waals surface area (Å²) in [4.78, 5) is 13.9. The molecule has 0 aromatic heterocycles. The van der Waals surface area contributed by atoms with Crippen LogP contribution in [0.1, 0.15) is 27.2 Å². The number of likely N-dealkylation sites (tertiary alicyclic amines) is 1. The average Bonchev–Trinajstić information content (AvgIpc) is 2.50. The summed E-state index contributed by atoms with van der Waals surface area (Å²) in [5.41, 5.74) is -0.248. The molecule has 1 heterocycles. The van der Waals surface area contributed by atoms with E-state index in [0.29, 0.717) is 5.92 Å². The fourth-order valence-electron chi connectivity index (χ4n) is 1.86. The van der Waals surface area contributed by atoms with Crippen molar-refractivity contribution in [2.45, 2.75) is 27.2 Å². The number of hydrogen-bond acceptors (Lipinski definition) is 2. The molecule has 0 saturated carbocycles. The van der Waals surface area contributed by atoms with Crippen molar-refractivity contribution >= 4 is 5.91 Å². The maximum absolute atomic E-state index is 11.9. The van der Waals surface area contributed by atoms with Gasteiger partial charge < -0.3 is 9.64 Å². The van der Waals surface area contributed by atoms with Gasteiger partial charge in [0.1, 0.15) is 0 Å². The minimum Gasteiger partial charge on any atom is -0.384 e. The van der Waals surface area contributed by atoms with Crippen LogP contribution >= 0.6 is 0 Å². The number of ether oxygens (including phenoxy) is 1. The molecule has 3 nitrogen and oxygen atoms in total. The van der Waals surface area contributed by atoms with Crippen molar-refractivity contribution in [3.63, 3.8) is 0 Å². The van der Waals surface area contributed by atoms with Gasteiger partial charge in [-0.15, -0.1) is 0 Å². The first-order valence-corrected chi connectivity index (χ1v) is 5.23. The van der Waals surface area contributed by atoms with Crippen LogP contribution in [0.4, 0.5) is 0 Å². The molecule has 1 amide bonds. The van der Waals surface area contributed by atoms with Crippen molar-refractivity contribution in [3.05, 3.63) is 0 Å². The molecule has 0 radical (unpaired) electrons. The average molecular weight is 199 g/mol. The summed E-state index contributed by atoms with van der Waals surface area (Å²) >= 11 is 0. The second kappa shape index (κ2) is 4.30. The van der Waals surface area contributed by atoms with Gasteiger partial charge in [-0.25, -0.2) is 0 Å². The maximum atomic E-state index is 11.9. The Kier molecular flexibility index (Phi) is 3.53. The smallest absolute Gasteiger partial charge is 0.227 e. The van der Waals surface area contributed by atoms with E-state index in [1.807, 2.05) is 25.7 Å². The Morgan fingerprint density at radius 3 is 2.64 bits per heavy atom. The molecule has 1 unspecified atom stereocenters. The second-order valence-corrected chi connectivity index (χ2v) is 5.11. The van der Waals surface area contributed by atoms with Gasteiger partial charge in [0.25, 0.3) is 0 Å². The Morgan fingerprint density at radius 2 is 2.14 bits per heavy atom. The first-order chi connectivity index (χ1) is 6.45. The molecule has 0 bridgehead atoms. The van der Waals surface area contributed by atoms with Gasteiger partial charge in [0.2, 0.25) is 5.91 Å². The van der Waals surface area contributed by atoms with Crippen molar-refractivity contribution in [1.82, 2.24) is 4.90 Å². The third-order valence-corrected chi connectivity index (χ3v) is 2.62. The topological polar surface area (TPSA) is 29.5 Å². The highest BCUT2D eigenvalue weighted by Crippen LogP contribution is 2.23. The molecule has 0 aromatic carbocycles. The second-order valence-electron chi connectivity index (χ2n) is 5.11. The number of amides is 1. The van der Waals surface area contributed by atoms with Crippen LogP contribution in [-0.4, -0.2) is 37.6 Å². The number of carbonyl (C=O) groups is 1. The van der Waals surface area contributed by atoms with E-state index in [1.54, 1.807) is 7.11 Å². The van der Waals surface area contributed by atoms with Crippen LogP contribution in [0.25, 0.3) is 0 Å². The fourth-order valence-corrected chi connectivity index (χ4v) is 1.86. The Morgan fingerprint density at radius 1 is 1.50 bits per heavy atom. The molecule has 1 aliphatic heterocycles. The molecule has 3 heteroatoms. The lowest BCUT2D eigenvalue weighted by molar-refractivity contribution is -0.138. The van der Waals surface area contributed by atoms with E-state index < -0.39 is 0 Å². The summed E-state index contributed by atoms with van der Waals surface area (Å²) in [5.74, 6) is 0.794. The molecular weight excluding hydrogens is 178 g/mol. The van der Waals surface area contributed by atoms with Crippen LogP contribution in [0.5, 0.6) is 0 Å². The van der Waals surface area contributed by atoms with Crippen molar-refractivity contribution in [2.75, 3.05) is 26.8 Å². The number of nitrogens with zero attached hydrogens (tertiary/aromatic N) is 1. The van der Waals surface area contributed by atoms with Crippen LogP contribution in [-0.2, 0) is 9.53 Å². The van der Waals surface area contributed by atoms with E-state index in [0.717, 1.165) is 26.1 Å². The van der Waals surface area contributed by atoms with Crippen molar-refractivity contribution in [3.8, 4) is 0 Å². The Bertz CT molecular complexity index is 208. The van der Waals surface area contributed by atoms with Crippen molar-refractivity contribution in [2.24, 2.45) is 11.3 Å².